The van der Waals surface area contributed by atoms with E-state index in [0.717, 1.165) is 27.8 Å². The molecule has 11 nitrogen and oxygen atoms in total. The second-order valence-electron chi connectivity index (χ2n) is 10.7. The number of carbonyl (C=O) groups excluding carboxylic acids is 3. The summed E-state index contributed by atoms with van der Waals surface area (Å²) in [5.41, 5.74) is 2.88. The lowest BCUT2D eigenvalue weighted by molar-refractivity contribution is 0.0695. The second-order valence-corrected chi connectivity index (χ2v) is 10.7. The first-order valence-electron chi connectivity index (χ1n) is 14.2. The molecule has 1 atom stereocenters. The van der Waals surface area contributed by atoms with Crippen molar-refractivity contribution in [3.63, 3.8) is 0 Å². The number of anilines is 1. The van der Waals surface area contributed by atoms with Crippen LogP contribution in [0.5, 0.6) is 0 Å². The summed E-state index contributed by atoms with van der Waals surface area (Å²) >= 11 is 0. The highest BCUT2D eigenvalue weighted by Crippen LogP contribution is 2.35. The summed E-state index contributed by atoms with van der Waals surface area (Å²) in [6.45, 7) is 1.57. The van der Waals surface area contributed by atoms with Crippen LogP contribution in [0.15, 0.2) is 72.9 Å². The molecule has 0 saturated heterocycles. The number of aromatic nitrogens is 3. The molecule has 0 spiro atoms. The predicted molar refractivity (Wildman–Crippen MR) is 162 cm³/mol. The number of halogens is 2. The van der Waals surface area contributed by atoms with Gasteiger partial charge in [0.2, 0.25) is 0 Å². The van der Waals surface area contributed by atoms with Crippen LogP contribution in [0.2, 0.25) is 0 Å². The van der Waals surface area contributed by atoms with Gasteiger partial charge >= 0.3 is 5.97 Å². The Bertz CT molecular complexity index is 2050. The van der Waals surface area contributed by atoms with Gasteiger partial charge in [-0.15, -0.1) is 0 Å². The van der Waals surface area contributed by atoms with E-state index in [1.54, 1.807) is 43.3 Å². The van der Waals surface area contributed by atoms with Gasteiger partial charge in [-0.2, -0.15) is 5.10 Å². The highest BCUT2D eigenvalue weighted by Gasteiger charge is 2.29. The van der Waals surface area contributed by atoms with E-state index < -0.39 is 41.4 Å². The van der Waals surface area contributed by atoms with Crippen molar-refractivity contribution in [1.82, 2.24) is 25.2 Å². The molecule has 4 N–H and O–H groups in total. The maximum Gasteiger partial charge on any atom is 0.335 e. The molecule has 2 heterocycles. The molecule has 0 fully saturated rings. The van der Waals surface area contributed by atoms with Crippen LogP contribution in [0.25, 0.3) is 5.65 Å². The van der Waals surface area contributed by atoms with Crippen LogP contribution >= 0.6 is 0 Å². The summed E-state index contributed by atoms with van der Waals surface area (Å²) in [6, 6.07) is 15.8. The molecule has 232 valence electrons. The molecule has 0 saturated carbocycles. The zero-order chi connectivity index (χ0) is 32.5. The lowest BCUT2D eigenvalue weighted by Gasteiger charge is -2.16. The number of benzene rings is 3. The van der Waals surface area contributed by atoms with Gasteiger partial charge in [0, 0.05) is 18.3 Å². The molecule has 5 aromatic rings. The van der Waals surface area contributed by atoms with E-state index >= 15 is 0 Å². The molecule has 0 aliphatic heterocycles. The summed E-state index contributed by atoms with van der Waals surface area (Å²) < 4.78 is 28.2. The highest BCUT2D eigenvalue weighted by molar-refractivity contribution is 6.09. The number of rotatable bonds is 8. The van der Waals surface area contributed by atoms with Gasteiger partial charge in [0.15, 0.2) is 17.3 Å². The number of hydrogen-bond donors (Lipinski definition) is 4. The van der Waals surface area contributed by atoms with Crippen LogP contribution in [-0.4, -0.2) is 43.4 Å². The van der Waals surface area contributed by atoms with Crippen LogP contribution < -0.4 is 16.0 Å². The Labute approximate surface area is 260 Å². The van der Waals surface area contributed by atoms with E-state index in [-0.39, 0.29) is 34.7 Å². The minimum atomic E-state index is -1.07. The van der Waals surface area contributed by atoms with E-state index in [9.17, 15) is 33.1 Å². The standard InChI is InChI=1S/C33H26F2N6O5/c1-17-20-10-12-26(22(20)9-8-21(17)33(45)46)40-32(44)28-14-27(31(43)36-15-18-7-11-24(34)25(35)13-18)39-29-23(16-37-41(28)29)30(42)38-19-5-3-2-4-6-19/h2-9,11,13-14,16,26H,10,12,15H2,1H3,(H,36,43)(H,38,42)(H,40,44)(H,45,46)/t26-/m0/s1. The van der Waals surface area contributed by atoms with Gasteiger partial charge in [0.1, 0.15) is 17.0 Å². The number of nitrogens with zero attached hydrogens (tertiary/aromatic N) is 3. The smallest absolute Gasteiger partial charge is 0.335 e. The van der Waals surface area contributed by atoms with E-state index in [4.69, 9.17) is 0 Å². The van der Waals surface area contributed by atoms with E-state index in [1.165, 1.54) is 24.4 Å². The Morgan fingerprint density at radius 3 is 2.46 bits per heavy atom. The number of carboxylic acids is 1. The molecule has 3 amide bonds. The van der Waals surface area contributed by atoms with Gasteiger partial charge in [0.25, 0.3) is 17.7 Å². The molecule has 46 heavy (non-hydrogen) atoms. The Hall–Kier alpha value is -5.98. The van der Waals surface area contributed by atoms with Crippen molar-refractivity contribution in [2.24, 2.45) is 0 Å². The summed E-state index contributed by atoms with van der Waals surface area (Å²) in [7, 11) is 0. The van der Waals surface area contributed by atoms with Crippen molar-refractivity contribution >= 4 is 35.0 Å². The maximum absolute atomic E-state index is 13.8. The first-order chi connectivity index (χ1) is 22.1. The summed E-state index contributed by atoms with van der Waals surface area (Å²) in [5, 5.41) is 22.0. The van der Waals surface area contributed by atoms with Crippen LogP contribution in [0.4, 0.5) is 14.5 Å². The van der Waals surface area contributed by atoms with Crippen molar-refractivity contribution in [2.45, 2.75) is 32.4 Å². The molecule has 0 bridgehead atoms. The van der Waals surface area contributed by atoms with Gasteiger partial charge < -0.3 is 21.1 Å². The average Bonchev–Trinajstić information content (AvgIpc) is 3.66. The molecule has 13 heteroatoms. The number of amides is 3. The predicted octanol–water partition coefficient (Wildman–Crippen LogP) is 4.61. The molecule has 0 unspecified atom stereocenters. The SMILES string of the molecule is Cc1c(C(=O)O)ccc2c1CC[C@@H]2NC(=O)c1cc(C(=O)NCc2ccc(F)c(F)c2)nc2c(C(=O)Nc3ccccc3)cnn12. The van der Waals surface area contributed by atoms with Gasteiger partial charge in [-0.1, -0.05) is 30.3 Å². The van der Waals surface area contributed by atoms with Crippen molar-refractivity contribution in [1.29, 1.82) is 0 Å². The third kappa shape index (κ3) is 5.77. The lowest BCUT2D eigenvalue weighted by atomic mass is 9.98. The number of fused-ring (bicyclic) bond motifs is 2. The third-order valence-corrected chi connectivity index (χ3v) is 7.88. The molecule has 1 aliphatic rings. The monoisotopic (exact) mass is 624 g/mol. The number of hydrogen-bond acceptors (Lipinski definition) is 6. The van der Waals surface area contributed by atoms with Crippen LogP contribution in [0.1, 0.15) is 76.4 Å². The molecular weight excluding hydrogens is 598 g/mol. The van der Waals surface area contributed by atoms with Crippen molar-refractivity contribution < 1.29 is 33.1 Å². The molecule has 3 aromatic carbocycles. The van der Waals surface area contributed by atoms with Gasteiger partial charge in [-0.05, 0) is 72.4 Å². The number of aromatic carboxylic acids is 1. The van der Waals surface area contributed by atoms with Gasteiger partial charge in [-0.25, -0.2) is 23.1 Å². The quantitative estimate of drug-likeness (QED) is 0.197. The number of para-hydroxylation sites is 1. The van der Waals surface area contributed by atoms with Crippen molar-refractivity contribution in [3.8, 4) is 0 Å². The summed E-state index contributed by atoms with van der Waals surface area (Å²) in [5.74, 6) is -5.05. The molecule has 0 radical (unpaired) electrons. The summed E-state index contributed by atoms with van der Waals surface area (Å²) in [4.78, 5) is 56.2. The Balaban J connectivity index is 1.33. The fourth-order valence-electron chi connectivity index (χ4n) is 5.54. The molecular formula is C33H26F2N6O5. The molecule has 6 rings (SSSR count). The van der Waals surface area contributed by atoms with Gasteiger partial charge in [0.05, 0.1) is 17.8 Å². The maximum atomic E-state index is 13.8. The highest BCUT2D eigenvalue weighted by atomic mass is 19.2. The topological polar surface area (TPSA) is 155 Å². The molecule has 1 aliphatic carbocycles. The lowest BCUT2D eigenvalue weighted by Crippen LogP contribution is -2.31. The number of carboxylic acid groups (broad SMARTS) is 1. The fourth-order valence-corrected chi connectivity index (χ4v) is 5.54. The van der Waals surface area contributed by atoms with E-state index in [1.807, 2.05) is 0 Å². The zero-order valence-electron chi connectivity index (χ0n) is 24.3. The second kappa shape index (κ2) is 12.2. The third-order valence-electron chi connectivity index (χ3n) is 7.88. The Kier molecular flexibility index (Phi) is 7.97. The Morgan fingerprint density at radius 2 is 1.72 bits per heavy atom. The fraction of sp³-hybridized carbons (Fsp3) is 0.152. The van der Waals surface area contributed by atoms with Crippen molar-refractivity contribution in [2.75, 3.05) is 5.32 Å². The largest absolute Gasteiger partial charge is 0.478 e. The summed E-state index contributed by atoms with van der Waals surface area (Å²) in [6.07, 6.45) is 2.31. The minimum absolute atomic E-state index is 0.00352. The number of carbonyl (C=O) groups is 4. The first-order valence-corrected chi connectivity index (χ1v) is 14.2. The van der Waals surface area contributed by atoms with Crippen LogP contribution in [-0.2, 0) is 13.0 Å². The van der Waals surface area contributed by atoms with E-state index in [0.29, 0.717) is 29.7 Å². The first kappa shape index (κ1) is 30.1. The van der Waals surface area contributed by atoms with Crippen LogP contribution in [0.3, 0.4) is 0 Å². The number of nitrogens with one attached hydrogen (secondary N) is 3. The zero-order valence-corrected chi connectivity index (χ0v) is 24.3. The normalized spacial score (nSPS) is 13.7. The Morgan fingerprint density at radius 1 is 0.935 bits per heavy atom. The van der Waals surface area contributed by atoms with Crippen LogP contribution in [0, 0.1) is 18.6 Å². The van der Waals surface area contributed by atoms with Gasteiger partial charge in [-0.3, -0.25) is 14.4 Å². The van der Waals surface area contributed by atoms with Crippen molar-refractivity contribution in [3.05, 3.63) is 129 Å². The average molecular weight is 625 g/mol. The molecule has 2 aromatic heterocycles. The van der Waals surface area contributed by atoms with E-state index in [2.05, 4.69) is 26.0 Å². The minimum Gasteiger partial charge on any atom is -0.478 e.